The number of fused-ring (bicyclic) bond motifs is 1. The van der Waals surface area contributed by atoms with E-state index >= 15 is 0 Å². The molecule has 0 aliphatic heterocycles. The number of para-hydroxylation sites is 1. The Balaban J connectivity index is 1.80. The van der Waals surface area contributed by atoms with Crippen molar-refractivity contribution in [2.45, 2.75) is 72.3 Å². The fraction of sp³-hybridized carbons (Fsp3) is 0.351. The molecule has 2 heterocycles. The number of hydrogen-bond acceptors (Lipinski definition) is 6. The molecule has 0 unspecified atom stereocenters. The third-order valence-electron chi connectivity index (χ3n) is 7.65. The number of hydrogen-bond donors (Lipinski definition) is 2. The van der Waals surface area contributed by atoms with E-state index in [4.69, 9.17) is 9.47 Å². The van der Waals surface area contributed by atoms with Gasteiger partial charge in [0.2, 0.25) is 0 Å². The first kappa shape index (κ1) is 34.0. The van der Waals surface area contributed by atoms with Crippen LogP contribution < -0.4 is 20.9 Å². The number of esters is 1. The van der Waals surface area contributed by atoms with Gasteiger partial charge in [0.05, 0.1) is 13.2 Å². The molecule has 0 radical (unpaired) electrons. The topological polar surface area (TPSA) is 112 Å². The van der Waals surface area contributed by atoms with Crippen LogP contribution in [0.15, 0.2) is 78.2 Å². The molecular weight excluding hydrogens is 580 g/mol. The minimum absolute atomic E-state index is 0.150. The Morgan fingerprint density at radius 1 is 0.935 bits per heavy atom. The van der Waals surface area contributed by atoms with E-state index in [9.17, 15) is 14.4 Å². The number of aromatic nitrogens is 2. The molecule has 0 fully saturated rings. The summed E-state index contributed by atoms with van der Waals surface area (Å²) >= 11 is 0. The van der Waals surface area contributed by atoms with E-state index in [1.165, 1.54) is 6.92 Å². The van der Waals surface area contributed by atoms with Gasteiger partial charge < -0.3 is 20.1 Å². The van der Waals surface area contributed by atoms with Crippen molar-refractivity contribution in [3.8, 4) is 16.9 Å². The third-order valence-corrected chi connectivity index (χ3v) is 7.65. The number of aryl methyl sites for hydroxylation is 1. The number of pyridine rings is 2. The van der Waals surface area contributed by atoms with Crippen molar-refractivity contribution >= 4 is 34.4 Å². The maximum Gasteiger partial charge on any atom is 0.323 e. The molecule has 4 aromatic rings. The molecule has 0 spiro atoms. The summed E-state index contributed by atoms with van der Waals surface area (Å²) < 4.78 is 12.6. The zero-order valence-corrected chi connectivity index (χ0v) is 27.4. The number of carbonyl (C=O) groups excluding carboxylic acids is 2. The summed E-state index contributed by atoms with van der Waals surface area (Å²) in [6.45, 7) is 14.5. The van der Waals surface area contributed by atoms with Crippen LogP contribution in [0.1, 0.15) is 76.8 Å². The Labute approximate surface area is 270 Å². The van der Waals surface area contributed by atoms with Gasteiger partial charge in [-0.05, 0) is 65.6 Å². The van der Waals surface area contributed by atoms with E-state index in [0.29, 0.717) is 53.9 Å². The van der Waals surface area contributed by atoms with E-state index in [-0.39, 0.29) is 35.7 Å². The lowest BCUT2D eigenvalue weighted by molar-refractivity contribution is -0.141. The van der Waals surface area contributed by atoms with Crippen LogP contribution in [0.25, 0.3) is 22.2 Å². The summed E-state index contributed by atoms with van der Waals surface area (Å²) in [5.41, 5.74) is 4.35. The van der Waals surface area contributed by atoms with Crippen LogP contribution >= 0.6 is 0 Å². The van der Waals surface area contributed by atoms with Crippen molar-refractivity contribution in [2.75, 3.05) is 23.8 Å². The monoisotopic (exact) mass is 624 g/mol. The predicted octanol–water partition coefficient (Wildman–Crippen LogP) is 8.25. The molecule has 0 aliphatic rings. The fourth-order valence-corrected chi connectivity index (χ4v) is 5.46. The Morgan fingerprint density at radius 2 is 1.63 bits per heavy atom. The van der Waals surface area contributed by atoms with Crippen molar-refractivity contribution in [2.24, 2.45) is 0 Å². The van der Waals surface area contributed by atoms with Gasteiger partial charge in [-0.2, -0.15) is 0 Å². The van der Waals surface area contributed by atoms with Gasteiger partial charge in [0, 0.05) is 42.7 Å². The molecule has 46 heavy (non-hydrogen) atoms. The zero-order chi connectivity index (χ0) is 33.2. The number of carbonyl (C=O) groups is 2. The standard InChI is InChI=1S/C37H44N4O5/c1-7-8-9-20-41-35-31(18-12-19-38-35)32(27-14-10-15-28(23-27)46-22-13-21-45-26(6)42)34(36(41)43)40-37(44)39-33-29(24(2)3)16-11-17-30(33)25(4)5/h7,10-12,14-19,23-25H,1,8-9,13,20-22H2,2-6H3,(H2,39,40,44). The van der Waals surface area contributed by atoms with Gasteiger partial charge in [-0.25, -0.2) is 9.78 Å². The molecular formula is C37H44N4O5. The summed E-state index contributed by atoms with van der Waals surface area (Å²) in [5, 5.41) is 6.75. The molecule has 2 amide bonds. The highest BCUT2D eigenvalue weighted by molar-refractivity contribution is 6.07. The minimum Gasteiger partial charge on any atom is -0.493 e. The number of nitrogens with one attached hydrogen (secondary N) is 2. The van der Waals surface area contributed by atoms with Crippen LogP contribution in [0, 0.1) is 0 Å². The summed E-state index contributed by atoms with van der Waals surface area (Å²) in [6.07, 6.45) is 5.43. The lowest BCUT2D eigenvalue weighted by Crippen LogP contribution is -2.30. The summed E-state index contributed by atoms with van der Waals surface area (Å²) in [7, 11) is 0. The molecule has 2 N–H and O–H groups in total. The van der Waals surface area contributed by atoms with E-state index in [1.807, 2.05) is 60.7 Å². The number of anilines is 2. The van der Waals surface area contributed by atoms with E-state index in [0.717, 1.165) is 23.2 Å². The van der Waals surface area contributed by atoms with Crippen molar-refractivity contribution in [1.82, 2.24) is 9.55 Å². The Kier molecular flexibility index (Phi) is 11.7. The van der Waals surface area contributed by atoms with Crippen LogP contribution in [0.5, 0.6) is 5.75 Å². The number of urea groups is 1. The van der Waals surface area contributed by atoms with Gasteiger partial charge in [0.25, 0.3) is 5.56 Å². The summed E-state index contributed by atoms with van der Waals surface area (Å²) in [6, 6.07) is 16.6. The van der Waals surface area contributed by atoms with Crippen LogP contribution in [-0.2, 0) is 16.1 Å². The maximum absolute atomic E-state index is 14.3. The van der Waals surface area contributed by atoms with E-state index < -0.39 is 6.03 Å². The number of unbranched alkanes of at least 4 members (excludes halogenated alkanes) is 1. The molecule has 0 aliphatic carbocycles. The Morgan fingerprint density at radius 3 is 2.30 bits per heavy atom. The van der Waals surface area contributed by atoms with Gasteiger partial charge >= 0.3 is 12.0 Å². The van der Waals surface area contributed by atoms with Gasteiger partial charge in [-0.1, -0.05) is 64.1 Å². The SMILES string of the molecule is C=CCCCn1c(=O)c(NC(=O)Nc2c(C(C)C)cccc2C(C)C)c(-c2cccc(OCCCOC(C)=O)c2)c2cccnc21. The molecule has 0 atom stereocenters. The molecule has 9 heteroatoms. The second kappa shape index (κ2) is 15.9. The van der Waals surface area contributed by atoms with Crippen molar-refractivity contribution in [1.29, 1.82) is 0 Å². The Bertz CT molecular complexity index is 1730. The van der Waals surface area contributed by atoms with Crippen LogP contribution in [0.4, 0.5) is 16.2 Å². The maximum atomic E-state index is 14.3. The molecule has 0 bridgehead atoms. The van der Waals surface area contributed by atoms with Crippen LogP contribution in [0.2, 0.25) is 0 Å². The molecule has 4 rings (SSSR count). The number of nitrogens with zero attached hydrogens (tertiary/aromatic N) is 2. The number of rotatable bonds is 14. The predicted molar refractivity (Wildman–Crippen MR) is 185 cm³/mol. The van der Waals surface area contributed by atoms with E-state index in [1.54, 1.807) is 10.8 Å². The largest absolute Gasteiger partial charge is 0.493 e. The molecule has 0 saturated heterocycles. The highest BCUT2D eigenvalue weighted by Gasteiger charge is 2.23. The average molecular weight is 625 g/mol. The minimum atomic E-state index is -0.507. The van der Waals surface area contributed by atoms with Crippen molar-refractivity contribution in [3.63, 3.8) is 0 Å². The van der Waals surface area contributed by atoms with Crippen molar-refractivity contribution in [3.05, 3.63) is 94.9 Å². The number of benzene rings is 2. The van der Waals surface area contributed by atoms with Gasteiger partial charge in [-0.3, -0.25) is 14.2 Å². The summed E-state index contributed by atoms with van der Waals surface area (Å²) in [5.74, 6) is 0.597. The van der Waals surface area contributed by atoms with Gasteiger partial charge in [-0.15, -0.1) is 6.58 Å². The zero-order valence-electron chi connectivity index (χ0n) is 27.4. The lowest BCUT2D eigenvalue weighted by Gasteiger charge is -2.22. The first-order valence-corrected chi connectivity index (χ1v) is 15.8. The quantitative estimate of drug-likeness (QED) is 0.0830. The van der Waals surface area contributed by atoms with Crippen LogP contribution in [-0.4, -0.2) is 34.8 Å². The summed E-state index contributed by atoms with van der Waals surface area (Å²) in [4.78, 5) is 43.8. The Hall–Kier alpha value is -4.92. The first-order chi connectivity index (χ1) is 22.1. The second-order valence-corrected chi connectivity index (χ2v) is 11.8. The number of amides is 2. The smallest absolute Gasteiger partial charge is 0.323 e. The molecule has 9 nitrogen and oxygen atoms in total. The average Bonchev–Trinajstić information content (AvgIpc) is 3.02. The second-order valence-electron chi connectivity index (χ2n) is 11.8. The number of allylic oxidation sites excluding steroid dienone is 1. The highest BCUT2D eigenvalue weighted by Crippen LogP contribution is 2.36. The lowest BCUT2D eigenvalue weighted by atomic mass is 9.93. The third kappa shape index (κ3) is 8.21. The van der Waals surface area contributed by atoms with Gasteiger partial charge in [0.1, 0.15) is 17.1 Å². The first-order valence-electron chi connectivity index (χ1n) is 15.8. The van der Waals surface area contributed by atoms with Gasteiger partial charge in [0.15, 0.2) is 0 Å². The van der Waals surface area contributed by atoms with Crippen molar-refractivity contribution < 1.29 is 19.1 Å². The molecule has 242 valence electrons. The molecule has 2 aromatic carbocycles. The fourth-order valence-electron chi connectivity index (χ4n) is 5.46. The molecule has 0 saturated carbocycles. The van der Waals surface area contributed by atoms with E-state index in [2.05, 4.69) is 49.9 Å². The van der Waals surface area contributed by atoms with Crippen LogP contribution in [0.3, 0.4) is 0 Å². The highest BCUT2D eigenvalue weighted by atomic mass is 16.5. The molecule has 2 aromatic heterocycles. The normalized spacial score (nSPS) is 11.1. The number of ether oxygens (including phenoxy) is 2.